The lowest BCUT2D eigenvalue weighted by molar-refractivity contribution is 0.197. The van der Waals surface area contributed by atoms with E-state index in [1.807, 2.05) is 18.2 Å². The van der Waals surface area contributed by atoms with Crippen LogP contribution in [0, 0.1) is 6.92 Å². The minimum absolute atomic E-state index is 0. The van der Waals surface area contributed by atoms with Gasteiger partial charge >= 0.3 is 0 Å². The van der Waals surface area contributed by atoms with E-state index in [0.29, 0.717) is 12.6 Å². The molecule has 2 aliphatic rings. The Bertz CT molecular complexity index is 583. The molecular weight excluding hydrogens is 451 g/mol. The van der Waals surface area contributed by atoms with Gasteiger partial charge in [-0.25, -0.2) is 0 Å². The van der Waals surface area contributed by atoms with Gasteiger partial charge in [0.2, 0.25) is 0 Å². The topological polar surface area (TPSA) is 48.9 Å². The fourth-order valence-corrected chi connectivity index (χ4v) is 3.52. The molecule has 1 aromatic carbocycles. The Labute approximate surface area is 181 Å². The number of ether oxygens (including phenoxy) is 1. The van der Waals surface area contributed by atoms with Crippen molar-refractivity contribution in [2.45, 2.75) is 58.0 Å². The molecule has 152 valence electrons. The largest absolute Gasteiger partial charge is 0.493 e. The zero-order chi connectivity index (χ0) is 18.2. The van der Waals surface area contributed by atoms with Gasteiger partial charge in [-0.05, 0) is 51.2 Å². The molecule has 6 heteroatoms. The number of piperidine rings is 1. The summed E-state index contributed by atoms with van der Waals surface area (Å²) in [5, 5.41) is 7.00. The van der Waals surface area contributed by atoms with Crippen LogP contribution in [0.3, 0.4) is 0 Å². The van der Waals surface area contributed by atoms with Crippen molar-refractivity contribution in [2.75, 3.05) is 32.8 Å². The van der Waals surface area contributed by atoms with Crippen molar-refractivity contribution < 1.29 is 4.74 Å². The minimum Gasteiger partial charge on any atom is -0.493 e. The number of aryl methyl sites for hydroxylation is 1. The highest BCUT2D eigenvalue weighted by molar-refractivity contribution is 14.0. The van der Waals surface area contributed by atoms with E-state index in [0.717, 1.165) is 37.3 Å². The SMILES string of the molecule is CCNC(=NCCCOc1ccccc1C)NC1CCN(C2CC2)CC1.I. The molecular formula is C21H35IN4O. The lowest BCUT2D eigenvalue weighted by atomic mass is 10.1. The first-order valence-corrected chi connectivity index (χ1v) is 10.2. The van der Waals surface area contributed by atoms with Gasteiger partial charge in [-0.2, -0.15) is 0 Å². The molecule has 0 amide bonds. The molecule has 1 heterocycles. The number of benzene rings is 1. The second-order valence-corrected chi connectivity index (χ2v) is 7.41. The van der Waals surface area contributed by atoms with Gasteiger partial charge in [0.05, 0.1) is 6.61 Å². The Morgan fingerprint density at radius 1 is 1.19 bits per heavy atom. The van der Waals surface area contributed by atoms with Crippen LogP contribution in [0.2, 0.25) is 0 Å². The van der Waals surface area contributed by atoms with E-state index in [-0.39, 0.29) is 24.0 Å². The predicted molar refractivity (Wildman–Crippen MR) is 123 cm³/mol. The van der Waals surface area contributed by atoms with E-state index >= 15 is 0 Å². The number of halogens is 1. The summed E-state index contributed by atoms with van der Waals surface area (Å²) in [6.45, 7) is 9.03. The molecule has 1 saturated carbocycles. The zero-order valence-corrected chi connectivity index (χ0v) is 19.1. The quantitative estimate of drug-likeness (QED) is 0.255. The van der Waals surface area contributed by atoms with Crippen LogP contribution in [0.15, 0.2) is 29.3 Å². The standard InChI is InChI=1S/C21H34N4O.HI/c1-3-22-21(24-18-11-14-25(15-12-18)19-9-10-19)23-13-6-16-26-20-8-5-4-7-17(20)2;/h4-5,7-8,18-19H,3,6,9-16H2,1-2H3,(H2,22,23,24);1H. The summed E-state index contributed by atoms with van der Waals surface area (Å²) in [5.74, 6) is 1.93. The fourth-order valence-electron chi connectivity index (χ4n) is 3.52. The monoisotopic (exact) mass is 486 g/mol. The van der Waals surface area contributed by atoms with Gasteiger partial charge in [-0.15, -0.1) is 24.0 Å². The average Bonchev–Trinajstić information content (AvgIpc) is 3.49. The number of nitrogens with zero attached hydrogens (tertiary/aromatic N) is 2. The van der Waals surface area contributed by atoms with Crippen LogP contribution >= 0.6 is 24.0 Å². The van der Waals surface area contributed by atoms with E-state index in [2.05, 4.69) is 35.4 Å². The molecule has 1 aliphatic heterocycles. The fraction of sp³-hybridized carbons (Fsp3) is 0.667. The molecule has 5 nitrogen and oxygen atoms in total. The molecule has 1 saturated heterocycles. The maximum absolute atomic E-state index is 5.85. The van der Waals surface area contributed by atoms with Crippen LogP contribution in [-0.2, 0) is 0 Å². The molecule has 2 fully saturated rings. The summed E-state index contributed by atoms with van der Waals surface area (Å²) in [6.07, 6.45) is 6.18. The summed E-state index contributed by atoms with van der Waals surface area (Å²) in [4.78, 5) is 7.39. The van der Waals surface area contributed by atoms with E-state index in [1.165, 1.54) is 44.3 Å². The molecule has 27 heavy (non-hydrogen) atoms. The van der Waals surface area contributed by atoms with Crippen molar-refractivity contribution in [1.29, 1.82) is 0 Å². The average molecular weight is 486 g/mol. The van der Waals surface area contributed by atoms with Crippen molar-refractivity contribution in [3.8, 4) is 5.75 Å². The summed E-state index contributed by atoms with van der Waals surface area (Å²) < 4.78 is 5.85. The molecule has 0 aromatic heterocycles. The molecule has 2 N–H and O–H groups in total. The minimum atomic E-state index is 0. The molecule has 0 unspecified atom stereocenters. The predicted octanol–water partition coefficient (Wildman–Crippen LogP) is 3.56. The summed E-state index contributed by atoms with van der Waals surface area (Å²) in [7, 11) is 0. The molecule has 1 aromatic rings. The maximum atomic E-state index is 5.85. The van der Waals surface area contributed by atoms with Gasteiger partial charge < -0.3 is 20.3 Å². The van der Waals surface area contributed by atoms with Gasteiger partial charge in [0.1, 0.15) is 5.75 Å². The van der Waals surface area contributed by atoms with Crippen molar-refractivity contribution in [3.63, 3.8) is 0 Å². The van der Waals surface area contributed by atoms with Crippen molar-refractivity contribution in [1.82, 2.24) is 15.5 Å². The lowest BCUT2D eigenvalue weighted by Gasteiger charge is -2.33. The Hall–Kier alpha value is -1.02. The number of guanidine groups is 1. The smallest absolute Gasteiger partial charge is 0.191 e. The molecule has 0 atom stereocenters. The molecule has 0 spiro atoms. The highest BCUT2D eigenvalue weighted by atomic mass is 127. The highest BCUT2D eigenvalue weighted by Crippen LogP contribution is 2.29. The van der Waals surface area contributed by atoms with E-state index < -0.39 is 0 Å². The number of nitrogens with one attached hydrogen (secondary N) is 2. The summed E-state index contributed by atoms with van der Waals surface area (Å²) >= 11 is 0. The Kier molecular flexibility index (Phi) is 9.68. The molecule has 1 aliphatic carbocycles. The van der Waals surface area contributed by atoms with E-state index in [9.17, 15) is 0 Å². The second-order valence-electron chi connectivity index (χ2n) is 7.41. The number of rotatable bonds is 8. The van der Waals surface area contributed by atoms with Crippen LogP contribution in [0.1, 0.15) is 44.6 Å². The second kappa shape index (κ2) is 11.7. The zero-order valence-electron chi connectivity index (χ0n) is 16.7. The first-order chi connectivity index (χ1) is 12.8. The van der Waals surface area contributed by atoms with Crippen LogP contribution in [-0.4, -0.2) is 55.7 Å². The molecule has 3 rings (SSSR count). The summed E-state index contributed by atoms with van der Waals surface area (Å²) in [5.41, 5.74) is 1.18. The first-order valence-electron chi connectivity index (χ1n) is 10.2. The van der Waals surface area contributed by atoms with Crippen LogP contribution < -0.4 is 15.4 Å². The number of aliphatic imine (C=N–C) groups is 1. The Balaban J connectivity index is 0.00000261. The van der Waals surface area contributed by atoms with Crippen molar-refractivity contribution in [3.05, 3.63) is 29.8 Å². The van der Waals surface area contributed by atoms with Crippen LogP contribution in [0.4, 0.5) is 0 Å². The third-order valence-corrected chi connectivity index (χ3v) is 5.20. The Morgan fingerprint density at radius 2 is 1.93 bits per heavy atom. The highest BCUT2D eigenvalue weighted by Gasteiger charge is 2.31. The van der Waals surface area contributed by atoms with Gasteiger partial charge in [0.25, 0.3) is 0 Å². The Morgan fingerprint density at radius 3 is 2.59 bits per heavy atom. The van der Waals surface area contributed by atoms with Crippen molar-refractivity contribution >= 4 is 29.9 Å². The lowest BCUT2D eigenvalue weighted by Crippen LogP contribution is -2.49. The van der Waals surface area contributed by atoms with Crippen LogP contribution in [0.5, 0.6) is 5.75 Å². The van der Waals surface area contributed by atoms with Crippen molar-refractivity contribution in [2.24, 2.45) is 4.99 Å². The number of para-hydroxylation sites is 1. The normalized spacial score (nSPS) is 18.7. The summed E-state index contributed by atoms with van der Waals surface area (Å²) in [6, 6.07) is 9.60. The number of hydrogen-bond acceptors (Lipinski definition) is 3. The van der Waals surface area contributed by atoms with Gasteiger partial charge in [0, 0.05) is 44.7 Å². The van der Waals surface area contributed by atoms with Crippen LogP contribution in [0.25, 0.3) is 0 Å². The van der Waals surface area contributed by atoms with Gasteiger partial charge in [-0.1, -0.05) is 18.2 Å². The number of hydrogen-bond donors (Lipinski definition) is 2. The van der Waals surface area contributed by atoms with Gasteiger partial charge in [0.15, 0.2) is 5.96 Å². The van der Waals surface area contributed by atoms with Gasteiger partial charge in [-0.3, -0.25) is 4.99 Å². The van der Waals surface area contributed by atoms with E-state index in [1.54, 1.807) is 0 Å². The van der Waals surface area contributed by atoms with E-state index in [4.69, 9.17) is 9.73 Å². The number of likely N-dealkylation sites (tertiary alicyclic amines) is 1. The maximum Gasteiger partial charge on any atom is 0.191 e. The third-order valence-electron chi connectivity index (χ3n) is 5.20. The third kappa shape index (κ3) is 7.49. The molecule has 0 bridgehead atoms. The molecule has 0 radical (unpaired) electrons. The first kappa shape index (κ1) is 22.3.